The Bertz CT molecular complexity index is 144. The predicted octanol–water partition coefficient (Wildman–Crippen LogP) is 1.34. The first-order valence-corrected chi connectivity index (χ1v) is 4.46. The Hall–Kier alpha value is -0.370. The summed E-state index contributed by atoms with van der Waals surface area (Å²) in [5.74, 6) is 1.27. The van der Waals surface area contributed by atoms with Crippen molar-refractivity contribution in [2.24, 2.45) is 17.6 Å². The first-order chi connectivity index (χ1) is 5.24. The van der Waals surface area contributed by atoms with E-state index in [2.05, 4.69) is 6.92 Å². The predicted molar refractivity (Wildman–Crippen MR) is 45.2 cm³/mol. The third-order valence-electron chi connectivity index (χ3n) is 2.59. The fourth-order valence-electron chi connectivity index (χ4n) is 1.89. The van der Waals surface area contributed by atoms with Crippen LogP contribution < -0.4 is 5.73 Å². The van der Waals surface area contributed by atoms with Crippen molar-refractivity contribution in [3.63, 3.8) is 0 Å². The van der Waals surface area contributed by atoms with Crippen molar-refractivity contribution in [3.05, 3.63) is 0 Å². The second-order valence-corrected chi connectivity index (χ2v) is 3.64. The van der Waals surface area contributed by atoms with Gasteiger partial charge in [-0.15, -0.1) is 0 Å². The Morgan fingerprint density at radius 3 is 2.82 bits per heavy atom. The number of carbonyl (C=O) groups excluding carboxylic acids is 1. The van der Waals surface area contributed by atoms with E-state index in [1.54, 1.807) is 0 Å². The van der Waals surface area contributed by atoms with E-state index in [9.17, 15) is 4.79 Å². The molecule has 0 aromatic heterocycles. The number of Topliss-reactive ketones (excluding diaryl/α,β-unsaturated/α-hetero) is 1. The lowest BCUT2D eigenvalue weighted by Crippen LogP contribution is -2.27. The van der Waals surface area contributed by atoms with Gasteiger partial charge in [-0.25, -0.2) is 0 Å². The standard InChI is InChI=1S/C9H17NO/c1-7-3-2-4-8(5-7)9(11)6-10/h7-8H,2-6,10H2,1H3/t7-,8+/m1/s1. The topological polar surface area (TPSA) is 43.1 Å². The van der Waals surface area contributed by atoms with Gasteiger partial charge in [-0.1, -0.05) is 19.8 Å². The van der Waals surface area contributed by atoms with Crippen molar-refractivity contribution in [2.75, 3.05) is 6.54 Å². The zero-order valence-electron chi connectivity index (χ0n) is 7.18. The van der Waals surface area contributed by atoms with E-state index >= 15 is 0 Å². The molecule has 0 amide bonds. The Morgan fingerprint density at radius 2 is 2.27 bits per heavy atom. The third kappa shape index (κ3) is 2.29. The molecule has 0 unspecified atom stereocenters. The zero-order chi connectivity index (χ0) is 8.27. The highest BCUT2D eigenvalue weighted by molar-refractivity contribution is 5.82. The van der Waals surface area contributed by atoms with E-state index in [1.165, 1.54) is 12.8 Å². The molecule has 2 nitrogen and oxygen atoms in total. The fourth-order valence-corrected chi connectivity index (χ4v) is 1.89. The van der Waals surface area contributed by atoms with Gasteiger partial charge in [-0.3, -0.25) is 4.79 Å². The fraction of sp³-hybridized carbons (Fsp3) is 0.889. The molecule has 11 heavy (non-hydrogen) atoms. The second-order valence-electron chi connectivity index (χ2n) is 3.64. The van der Waals surface area contributed by atoms with Gasteiger partial charge in [0, 0.05) is 5.92 Å². The van der Waals surface area contributed by atoms with Crippen LogP contribution in [0.25, 0.3) is 0 Å². The van der Waals surface area contributed by atoms with E-state index < -0.39 is 0 Å². The Labute approximate surface area is 68.2 Å². The monoisotopic (exact) mass is 155 g/mol. The van der Waals surface area contributed by atoms with Crippen LogP contribution in [-0.2, 0) is 4.79 Å². The van der Waals surface area contributed by atoms with Crippen LogP contribution in [0.4, 0.5) is 0 Å². The average Bonchev–Trinajstić information content (AvgIpc) is 2.03. The van der Waals surface area contributed by atoms with Crippen molar-refractivity contribution in [3.8, 4) is 0 Å². The van der Waals surface area contributed by atoms with Crippen LogP contribution in [0.2, 0.25) is 0 Å². The summed E-state index contributed by atoms with van der Waals surface area (Å²) in [7, 11) is 0. The molecule has 0 heterocycles. The van der Waals surface area contributed by atoms with E-state index in [0.717, 1.165) is 18.8 Å². The molecule has 1 aliphatic rings. The summed E-state index contributed by atoms with van der Waals surface area (Å²) in [6, 6.07) is 0. The van der Waals surface area contributed by atoms with Gasteiger partial charge in [0.05, 0.1) is 6.54 Å². The maximum atomic E-state index is 11.2. The van der Waals surface area contributed by atoms with Gasteiger partial charge in [0.15, 0.2) is 0 Å². The van der Waals surface area contributed by atoms with E-state index in [0.29, 0.717) is 0 Å². The lowest BCUT2D eigenvalue weighted by molar-refractivity contribution is -0.122. The van der Waals surface area contributed by atoms with Crippen LogP contribution in [0.15, 0.2) is 0 Å². The number of nitrogens with two attached hydrogens (primary N) is 1. The number of hydrogen-bond acceptors (Lipinski definition) is 2. The molecular weight excluding hydrogens is 138 g/mol. The normalized spacial score (nSPS) is 31.8. The van der Waals surface area contributed by atoms with Crippen LogP contribution in [0.1, 0.15) is 32.6 Å². The van der Waals surface area contributed by atoms with Crippen molar-refractivity contribution >= 4 is 5.78 Å². The van der Waals surface area contributed by atoms with Crippen molar-refractivity contribution < 1.29 is 4.79 Å². The molecule has 2 heteroatoms. The molecule has 0 aliphatic heterocycles. The summed E-state index contributed by atoms with van der Waals surface area (Å²) in [6.45, 7) is 2.45. The van der Waals surface area contributed by atoms with Gasteiger partial charge in [-0.05, 0) is 18.8 Å². The molecule has 2 atom stereocenters. The average molecular weight is 155 g/mol. The lowest BCUT2D eigenvalue weighted by Gasteiger charge is -2.24. The van der Waals surface area contributed by atoms with Crippen LogP contribution in [-0.4, -0.2) is 12.3 Å². The van der Waals surface area contributed by atoms with Gasteiger partial charge >= 0.3 is 0 Å². The molecule has 0 radical (unpaired) electrons. The molecule has 0 aromatic rings. The Morgan fingerprint density at radius 1 is 1.55 bits per heavy atom. The van der Waals surface area contributed by atoms with Crippen LogP contribution >= 0.6 is 0 Å². The maximum Gasteiger partial charge on any atom is 0.149 e. The zero-order valence-corrected chi connectivity index (χ0v) is 7.18. The van der Waals surface area contributed by atoms with Crippen molar-refractivity contribution in [1.29, 1.82) is 0 Å². The summed E-state index contributed by atoms with van der Waals surface area (Å²) >= 11 is 0. The first-order valence-electron chi connectivity index (χ1n) is 4.46. The molecule has 64 valence electrons. The summed E-state index contributed by atoms with van der Waals surface area (Å²) in [4.78, 5) is 11.2. The molecule has 1 rings (SSSR count). The highest BCUT2D eigenvalue weighted by atomic mass is 16.1. The summed E-state index contributed by atoms with van der Waals surface area (Å²) in [6.07, 6.45) is 4.63. The summed E-state index contributed by atoms with van der Waals surface area (Å²) in [5, 5.41) is 0. The van der Waals surface area contributed by atoms with E-state index in [1.807, 2.05) is 0 Å². The van der Waals surface area contributed by atoms with Crippen molar-refractivity contribution in [1.82, 2.24) is 0 Å². The summed E-state index contributed by atoms with van der Waals surface area (Å²) < 4.78 is 0. The van der Waals surface area contributed by atoms with E-state index in [4.69, 9.17) is 5.73 Å². The van der Waals surface area contributed by atoms with Crippen LogP contribution in [0.5, 0.6) is 0 Å². The van der Waals surface area contributed by atoms with Gasteiger partial charge in [-0.2, -0.15) is 0 Å². The minimum absolute atomic E-state index is 0.234. The van der Waals surface area contributed by atoms with E-state index in [-0.39, 0.29) is 18.2 Å². The molecule has 0 aromatic carbocycles. The number of ketones is 1. The molecular formula is C9H17NO. The molecule has 0 saturated heterocycles. The number of carbonyl (C=O) groups is 1. The third-order valence-corrected chi connectivity index (χ3v) is 2.59. The second kappa shape index (κ2) is 3.86. The Balaban J connectivity index is 2.39. The molecule has 0 bridgehead atoms. The highest BCUT2D eigenvalue weighted by Crippen LogP contribution is 2.28. The van der Waals surface area contributed by atoms with Gasteiger partial charge in [0.2, 0.25) is 0 Å². The minimum atomic E-state index is 0.234. The maximum absolute atomic E-state index is 11.2. The molecule has 1 fully saturated rings. The highest BCUT2D eigenvalue weighted by Gasteiger charge is 2.23. The minimum Gasteiger partial charge on any atom is -0.324 e. The van der Waals surface area contributed by atoms with Gasteiger partial charge < -0.3 is 5.73 Å². The number of rotatable bonds is 2. The smallest absolute Gasteiger partial charge is 0.149 e. The number of hydrogen-bond donors (Lipinski definition) is 1. The van der Waals surface area contributed by atoms with Crippen LogP contribution in [0.3, 0.4) is 0 Å². The SMILES string of the molecule is C[C@@H]1CCC[C@H](C(=O)CN)C1. The lowest BCUT2D eigenvalue weighted by atomic mass is 9.80. The molecule has 1 aliphatic carbocycles. The first kappa shape index (κ1) is 8.72. The molecule has 0 spiro atoms. The van der Waals surface area contributed by atoms with Crippen molar-refractivity contribution in [2.45, 2.75) is 32.6 Å². The Kier molecular flexibility index (Phi) is 3.06. The van der Waals surface area contributed by atoms with Crippen LogP contribution in [0, 0.1) is 11.8 Å². The molecule has 2 N–H and O–H groups in total. The quantitative estimate of drug-likeness (QED) is 0.654. The van der Waals surface area contributed by atoms with Gasteiger partial charge in [0.25, 0.3) is 0 Å². The largest absolute Gasteiger partial charge is 0.324 e. The summed E-state index contributed by atoms with van der Waals surface area (Å²) in [5.41, 5.74) is 5.30. The van der Waals surface area contributed by atoms with Gasteiger partial charge in [0.1, 0.15) is 5.78 Å². The molecule has 1 saturated carbocycles.